The summed E-state index contributed by atoms with van der Waals surface area (Å²) in [5.41, 5.74) is 5.63. The normalized spacial score (nSPS) is 24.8. The van der Waals surface area contributed by atoms with Gasteiger partial charge in [0, 0.05) is 11.1 Å². The number of benzene rings is 1. The van der Waals surface area contributed by atoms with Gasteiger partial charge in [-0.15, -0.1) is 12.4 Å². The van der Waals surface area contributed by atoms with E-state index in [0.29, 0.717) is 0 Å². The van der Waals surface area contributed by atoms with Crippen LogP contribution in [-0.4, -0.2) is 4.98 Å². The lowest BCUT2D eigenvalue weighted by atomic mass is 10.0. The monoisotopic (exact) mass is 231 g/mol. The molecule has 1 heterocycles. The molecule has 0 spiro atoms. The Morgan fingerprint density at radius 3 is 2.94 bits per heavy atom. The van der Waals surface area contributed by atoms with Crippen LogP contribution < -0.4 is 0 Å². The van der Waals surface area contributed by atoms with Crippen LogP contribution in [0.2, 0.25) is 0 Å². The largest absolute Gasteiger partial charge is 0.253 e. The first-order chi connectivity index (χ1) is 7.34. The molecule has 2 aliphatic carbocycles. The first kappa shape index (κ1) is 10.1. The molecule has 2 aromatic rings. The standard InChI is InChI=1S/C14H13N.ClH/c1-8-10-4-2-3-5-12(10)15-13-7-9-6-11(9)14(8)13;/h2-5,9,11H,6-7H2,1H3;1H/t9-,11-;/m0./s1. The molecule has 1 aromatic carbocycles. The summed E-state index contributed by atoms with van der Waals surface area (Å²) in [6, 6.07) is 8.53. The maximum atomic E-state index is 4.80. The molecular weight excluding hydrogens is 218 g/mol. The van der Waals surface area contributed by atoms with E-state index < -0.39 is 0 Å². The summed E-state index contributed by atoms with van der Waals surface area (Å²) in [6.07, 6.45) is 2.64. The fourth-order valence-corrected chi connectivity index (χ4v) is 3.18. The summed E-state index contributed by atoms with van der Waals surface area (Å²) in [6.45, 7) is 2.27. The van der Waals surface area contributed by atoms with Crippen molar-refractivity contribution >= 4 is 23.3 Å². The number of aromatic nitrogens is 1. The molecular formula is C14H14ClN. The van der Waals surface area contributed by atoms with E-state index in [4.69, 9.17) is 4.98 Å². The lowest BCUT2D eigenvalue weighted by Gasteiger charge is -2.09. The van der Waals surface area contributed by atoms with Crippen LogP contribution in [0.1, 0.15) is 29.2 Å². The highest BCUT2D eigenvalue weighted by molar-refractivity contribution is 5.85. The Labute approximate surface area is 101 Å². The van der Waals surface area contributed by atoms with Crippen molar-refractivity contribution < 1.29 is 0 Å². The minimum Gasteiger partial charge on any atom is -0.253 e. The number of aryl methyl sites for hydroxylation is 1. The van der Waals surface area contributed by atoms with E-state index in [9.17, 15) is 0 Å². The van der Waals surface area contributed by atoms with Gasteiger partial charge in [-0.1, -0.05) is 18.2 Å². The maximum absolute atomic E-state index is 4.80. The third-order valence-electron chi connectivity index (χ3n) is 4.03. The Kier molecular flexibility index (Phi) is 2.02. The Morgan fingerprint density at radius 2 is 2.06 bits per heavy atom. The van der Waals surface area contributed by atoms with Gasteiger partial charge in [-0.05, 0) is 48.8 Å². The highest BCUT2D eigenvalue weighted by Crippen LogP contribution is 2.57. The molecule has 2 atom stereocenters. The van der Waals surface area contributed by atoms with E-state index in [1.54, 1.807) is 5.56 Å². The van der Waals surface area contributed by atoms with E-state index in [-0.39, 0.29) is 12.4 Å². The third kappa shape index (κ3) is 1.15. The second-order valence-electron chi connectivity index (χ2n) is 4.92. The zero-order valence-electron chi connectivity index (χ0n) is 9.23. The SMILES string of the molecule is Cc1c2c(nc3ccccc13)C[C@@H]1C[C@H]21.Cl. The van der Waals surface area contributed by atoms with Crippen LogP contribution in [0.5, 0.6) is 0 Å². The molecule has 0 saturated heterocycles. The highest BCUT2D eigenvalue weighted by atomic mass is 35.5. The molecule has 4 rings (SSSR count). The van der Waals surface area contributed by atoms with E-state index in [1.165, 1.54) is 35.0 Å². The minimum atomic E-state index is 0. The number of halogens is 1. The molecule has 1 fully saturated rings. The molecule has 0 N–H and O–H groups in total. The average Bonchev–Trinajstić information content (AvgIpc) is 2.90. The molecule has 0 aliphatic heterocycles. The Balaban J connectivity index is 0.000000810. The molecule has 1 nitrogen and oxygen atoms in total. The molecule has 0 radical (unpaired) electrons. The van der Waals surface area contributed by atoms with Gasteiger partial charge in [0.1, 0.15) is 0 Å². The lowest BCUT2D eigenvalue weighted by Crippen LogP contribution is -1.96. The van der Waals surface area contributed by atoms with Crippen LogP contribution in [0.15, 0.2) is 24.3 Å². The fourth-order valence-electron chi connectivity index (χ4n) is 3.18. The Bertz CT molecular complexity index is 576. The van der Waals surface area contributed by atoms with Crippen molar-refractivity contribution in [2.45, 2.75) is 25.7 Å². The van der Waals surface area contributed by atoms with E-state index >= 15 is 0 Å². The molecule has 1 saturated carbocycles. The summed E-state index contributed by atoms with van der Waals surface area (Å²) in [5.74, 6) is 1.79. The summed E-state index contributed by atoms with van der Waals surface area (Å²) in [7, 11) is 0. The highest BCUT2D eigenvalue weighted by Gasteiger charge is 2.46. The van der Waals surface area contributed by atoms with Gasteiger partial charge in [0.15, 0.2) is 0 Å². The van der Waals surface area contributed by atoms with Crippen molar-refractivity contribution in [2.24, 2.45) is 5.92 Å². The van der Waals surface area contributed by atoms with Crippen LogP contribution in [0.4, 0.5) is 0 Å². The first-order valence-corrected chi connectivity index (χ1v) is 5.72. The zero-order chi connectivity index (χ0) is 9.99. The minimum absolute atomic E-state index is 0. The number of hydrogen-bond donors (Lipinski definition) is 0. The predicted molar refractivity (Wildman–Crippen MR) is 68.3 cm³/mol. The van der Waals surface area contributed by atoms with Crippen LogP contribution >= 0.6 is 12.4 Å². The quantitative estimate of drug-likeness (QED) is 0.675. The van der Waals surface area contributed by atoms with Gasteiger partial charge < -0.3 is 0 Å². The summed E-state index contributed by atoms with van der Waals surface area (Å²) < 4.78 is 0. The smallest absolute Gasteiger partial charge is 0.0708 e. The van der Waals surface area contributed by atoms with Crippen molar-refractivity contribution in [3.05, 3.63) is 41.1 Å². The topological polar surface area (TPSA) is 12.9 Å². The van der Waals surface area contributed by atoms with Crippen molar-refractivity contribution in [3.63, 3.8) is 0 Å². The number of nitrogens with zero attached hydrogens (tertiary/aromatic N) is 1. The van der Waals surface area contributed by atoms with E-state index in [1.807, 2.05) is 0 Å². The third-order valence-corrected chi connectivity index (χ3v) is 4.03. The number of para-hydroxylation sites is 1. The molecule has 82 valence electrons. The second-order valence-corrected chi connectivity index (χ2v) is 4.92. The molecule has 1 aromatic heterocycles. The fraction of sp³-hybridized carbons (Fsp3) is 0.357. The molecule has 0 amide bonds. The lowest BCUT2D eigenvalue weighted by molar-refractivity contribution is 0.839. The second kappa shape index (κ2) is 3.21. The van der Waals surface area contributed by atoms with Gasteiger partial charge in [-0.3, -0.25) is 4.98 Å². The average molecular weight is 232 g/mol. The van der Waals surface area contributed by atoms with Gasteiger partial charge >= 0.3 is 0 Å². The number of rotatable bonds is 0. The van der Waals surface area contributed by atoms with Crippen LogP contribution in [0, 0.1) is 12.8 Å². The van der Waals surface area contributed by atoms with E-state index in [0.717, 1.165) is 11.8 Å². The van der Waals surface area contributed by atoms with Crippen LogP contribution in [0.3, 0.4) is 0 Å². The van der Waals surface area contributed by atoms with Gasteiger partial charge in [-0.25, -0.2) is 0 Å². The Morgan fingerprint density at radius 1 is 1.25 bits per heavy atom. The van der Waals surface area contributed by atoms with Gasteiger partial charge in [0.05, 0.1) is 5.52 Å². The molecule has 2 aliphatic rings. The van der Waals surface area contributed by atoms with Crippen LogP contribution in [0.25, 0.3) is 10.9 Å². The molecule has 0 unspecified atom stereocenters. The van der Waals surface area contributed by atoms with Crippen molar-refractivity contribution in [2.75, 3.05) is 0 Å². The number of hydrogen-bond acceptors (Lipinski definition) is 1. The van der Waals surface area contributed by atoms with E-state index in [2.05, 4.69) is 31.2 Å². The summed E-state index contributed by atoms with van der Waals surface area (Å²) >= 11 is 0. The van der Waals surface area contributed by atoms with Gasteiger partial charge in [-0.2, -0.15) is 0 Å². The van der Waals surface area contributed by atoms with Crippen LogP contribution in [-0.2, 0) is 6.42 Å². The molecule has 0 bridgehead atoms. The molecule has 2 heteroatoms. The molecule has 16 heavy (non-hydrogen) atoms. The summed E-state index contributed by atoms with van der Waals surface area (Å²) in [4.78, 5) is 4.80. The van der Waals surface area contributed by atoms with Crippen molar-refractivity contribution in [1.82, 2.24) is 4.98 Å². The number of pyridine rings is 1. The summed E-state index contributed by atoms with van der Waals surface area (Å²) in [5, 5.41) is 1.35. The number of fused-ring (bicyclic) bond motifs is 4. The van der Waals surface area contributed by atoms with Crippen molar-refractivity contribution in [1.29, 1.82) is 0 Å². The first-order valence-electron chi connectivity index (χ1n) is 5.72. The van der Waals surface area contributed by atoms with Gasteiger partial charge in [0.25, 0.3) is 0 Å². The van der Waals surface area contributed by atoms with Gasteiger partial charge in [0.2, 0.25) is 0 Å². The predicted octanol–water partition coefficient (Wildman–Crippen LogP) is 3.62. The Hall–Kier alpha value is -1.08. The van der Waals surface area contributed by atoms with Crippen molar-refractivity contribution in [3.8, 4) is 0 Å². The zero-order valence-corrected chi connectivity index (χ0v) is 10.1. The maximum Gasteiger partial charge on any atom is 0.0708 e.